The van der Waals surface area contributed by atoms with Crippen molar-refractivity contribution in [2.75, 3.05) is 7.11 Å². The number of hydrogen-bond acceptors (Lipinski definition) is 3. The molecule has 25 heavy (non-hydrogen) atoms. The van der Waals surface area contributed by atoms with Crippen LogP contribution in [0.3, 0.4) is 0 Å². The van der Waals surface area contributed by atoms with Crippen LogP contribution in [0.25, 0.3) is 10.8 Å². The third-order valence-electron chi connectivity index (χ3n) is 4.61. The van der Waals surface area contributed by atoms with Crippen molar-refractivity contribution < 1.29 is 14.3 Å². The van der Waals surface area contributed by atoms with Gasteiger partial charge in [0.05, 0.1) is 24.8 Å². The van der Waals surface area contributed by atoms with Gasteiger partial charge in [-0.2, -0.15) is 0 Å². The summed E-state index contributed by atoms with van der Waals surface area (Å²) >= 11 is 0. The maximum atomic E-state index is 12.8. The van der Waals surface area contributed by atoms with Gasteiger partial charge < -0.3 is 4.74 Å². The highest BCUT2D eigenvalue weighted by atomic mass is 16.5. The van der Waals surface area contributed by atoms with E-state index in [4.69, 9.17) is 4.74 Å². The Hall–Kier alpha value is -3.14. The van der Waals surface area contributed by atoms with E-state index < -0.39 is 0 Å². The number of fused-ring (bicyclic) bond motifs is 2. The number of benzene rings is 3. The zero-order chi connectivity index (χ0) is 17.6. The summed E-state index contributed by atoms with van der Waals surface area (Å²) in [6.07, 6.45) is 0. The van der Waals surface area contributed by atoms with Crippen LogP contribution in [0, 0.1) is 6.92 Å². The lowest BCUT2D eigenvalue weighted by molar-refractivity contribution is 0.0642. The Balaban J connectivity index is 1.76. The minimum atomic E-state index is -0.256. The van der Waals surface area contributed by atoms with E-state index in [1.807, 2.05) is 49.4 Å². The predicted molar refractivity (Wildman–Crippen MR) is 95.9 cm³/mol. The van der Waals surface area contributed by atoms with Gasteiger partial charge >= 0.3 is 0 Å². The van der Waals surface area contributed by atoms with Gasteiger partial charge in [-0.05, 0) is 36.1 Å². The van der Waals surface area contributed by atoms with Gasteiger partial charge in [0.1, 0.15) is 5.75 Å². The zero-order valence-corrected chi connectivity index (χ0v) is 14.1. The molecule has 0 unspecified atom stereocenters. The molecule has 0 saturated heterocycles. The Bertz CT molecular complexity index is 1010. The molecule has 1 heterocycles. The molecule has 4 nitrogen and oxygen atoms in total. The van der Waals surface area contributed by atoms with E-state index in [0.717, 1.165) is 21.9 Å². The second-order valence-corrected chi connectivity index (χ2v) is 6.26. The molecule has 0 aliphatic carbocycles. The van der Waals surface area contributed by atoms with Crippen molar-refractivity contribution in [1.29, 1.82) is 0 Å². The third kappa shape index (κ3) is 2.47. The van der Waals surface area contributed by atoms with Crippen molar-refractivity contribution >= 4 is 22.6 Å². The van der Waals surface area contributed by atoms with Gasteiger partial charge in [0.2, 0.25) is 0 Å². The number of amides is 2. The molecule has 0 N–H and O–H groups in total. The number of aryl methyl sites for hydroxylation is 1. The molecule has 2 amide bonds. The van der Waals surface area contributed by atoms with E-state index in [2.05, 4.69) is 0 Å². The first-order valence-corrected chi connectivity index (χ1v) is 8.11. The molecular formula is C21H17NO3. The second-order valence-electron chi connectivity index (χ2n) is 6.26. The van der Waals surface area contributed by atoms with Gasteiger partial charge in [0, 0.05) is 5.39 Å². The summed E-state index contributed by atoms with van der Waals surface area (Å²) in [5.41, 5.74) is 2.97. The standard InChI is InChI=1S/C21H17NO3/c1-13-6-8-14(9-7-13)12-22-20(23)17-10-15-4-3-5-19(25-2)16(15)11-18(17)21(22)24/h3-11H,12H2,1-2H3. The van der Waals surface area contributed by atoms with E-state index in [0.29, 0.717) is 16.9 Å². The van der Waals surface area contributed by atoms with E-state index in [-0.39, 0.29) is 18.4 Å². The van der Waals surface area contributed by atoms with E-state index in [9.17, 15) is 9.59 Å². The molecule has 0 bridgehead atoms. The average molecular weight is 331 g/mol. The molecule has 4 rings (SSSR count). The van der Waals surface area contributed by atoms with Crippen molar-refractivity contribution in [3.8, 4) is 5.75 Å². The van der Waals surface area contributed by atoms with Crippen LogP contribution in [-0.2, 0) is 6.54 Å². The topological polar surface area (TPSA) is 46.6 Å². The van der Waals surface area contributed by atoms with Gasteiger partial charge in [0.25, 0.3) is 11.8 Å². The number of ether oxygens (including phenoxy) is 1. The van der Waals surface area contributed by atoms with Gasteiger partial charge in [-0.3, -0.25) is 14.5 Å². The van der Waals surface area contributed by atoms with Crippen LogP contribution in [0.2, 0.25) is 0 Å². The summed E-state index contributed by atoms with van der Waals surface area (Å²) in [6, 6.07) is 17.0. The molecule has 3 aromatic rings. The number of carbonyl (C=O) groups is 2. The maximum Gasteiger partial charge on any atom is 0.261 e. The van der Waals surface area contributed by atoms with Crippen LogP contribution >= 0.6 is 0 Å². The molecule has 3 aromatic carbocycles. The van der Waals surface area contributed by atoms with Crippen LogP contribution < -0.4 is 4.74 Å². The van der Waals surface area contributed by atoms with Crippen LogP contribution in [0.4, 0.5) is 0 Å². The van der Waals surface area contributed by atoms with E-state index in [1.54, 1.807) is 19.2 Å². The fourth-order valence-corrected chi connectivity index (χ4v) is 3.23. The van der Waals surface area contributed by atoms with Gasteiger partial charge in [-0.1, -0.05) is 42.0 Å². The van der Waals surface area contributed by atoms with Crippen LogP contribution in [0.15, 0.2) is 54.6 Å². The normalized spacial score (nSPS) is 13.4. The number of hydrogen-bond donors (Lipinski definition) is 0. The minimum absolute atomic E-state index is 0.245. The smallest absolute Gasteiger partial charge is 0.261 e. The summed E-state index contributed by atoms with van der Waals surface area (Å²) in [4.78, 5) is 26.8. The van der Waals surface area contributed by atoms with Crippen LogP contribution in [0.1, 0.15) is 31.8 Å². The SMILES string of the molecule is COc1cccc2cc3c(cc12)C(=O)N(Cc1ccc(C)cc1)C3=O. The van der Waals surface area contributed by atoms with Gasteiger partial charge in [-0.15, -0.1) is 0 Å². The second kappa shape index (κ2) is 5.74. The minimum Gasteiger partial charge on any atom is -0.496 e. The van der Waals surface area contributed by atoms with Crippen molar-refractivity contribution in [3.63, 3.8) is 0 Å². The summed E-state index contributed by atoms with van der Waals surface area (Å²) in [5.74, 6) is 0.191. The lowest BCUT2D eigenvalue weighted by atomic mass is 10.0. The zero-order valence-electron chi connectivity index (χ0n) is 14.1. The number of methoxy groups -OCH3 is 1. The fraction of sp³-hybridized carbons (Fsp3) is 0.143. The number of imide groups is 1. The summed E-state index contributed by atoms with van der Waals surface area (Å²) in [7, 11) is 1.60. The molecule has 1 aliphatic rings. The highest BCUT2D eigenvalue weighted by Gasteiger charge is 2.36. The lowest BCUT2D eigenvalue weighted by Crippen LogP contribution is -2.29. The largest absolute Gasteiger partial charge is 0.496 e. The Kier molecular flexibility index (Phi) is 3.53. The molecular weight excluding hydrogens is 314 g/mol. The molecule has 0 aromatic heterocycles. The van der Waals surface area contributed by atoms with E-state index in [1.165, 1.54) is 4.90 Å². The van der Waals surface area contributed by atoms with Crippen molar-refractivity contribution in [2.45, 2.75) is 13.5 Å². The summed E-state index contributed by atoms with van der Waals surface area (Å²) < 4.78 is 5.37. The monoisotopic (exact) mass is 331 g/mol. The number of carbonyl (C=O) groups excluding carboxylic acids is 2. The first kappa shape index (κ1) is 15.4. The molecule has 1 aliphatic heterocycles. The molecule has 4 heteroatoms. The summed E-state index contributed by atoms with van der Waals surface area (Å²) in [5, 5.41) is 1.72. The number of rotatable bonds is 3. The first-order valence-electron chi connectivity index (χ1n) is 8.11. The maximum absolute atomic E-state index is 12.8. The third-order valence-corrected chi connectivity index (χ3v) is 4.61. The van der Waals surface area contributed by atoms with Gasteiger partial charge in [-0.25, -0.2) is 0 Å². The summed E-state index contributed by atoms with van der Waals surface area (Å²) in [6.45, 7) is 2.28. The predicted octanol–water partition coefficient (Wildman–Crippen LogP) is 3.95. The Morgan fingerprint density at radius 3 is 2.28 bits per heavy atom. The van der Waals surface area contributed by atoms with Crippen molar-refractivity contribution in [1.82, 2.24) is 4.90 Å². The van der Waals surface area contributed by atoms with Crippen LogP contribution in [0.5, 0.6) is 5.75 Å². The highest BCUT2D eigenvalue weighted by molar-refractivity contribution is 6.23. The molecule has 124 valence electrons. The molecule has 0 saturated carbocycles. The molecule has 0 spiro atoms. The Morgan fingerprint density at radius 1 is 0.920 bits per heavy atom. The Morgan fingerprint density at radius 2 is 1.60 bits per heavy atom. The first-order chi connectivity index (χ1) is 12.1. The number of nitrogens with zero attached hydrogens (tertiary/aromatic N) is 1. The highest BCUT2D eigenvalue weighted by Crippen LogP contribution is 2.33. The lowest BCUT2D eigenvalue weighted by Gasteiger charge is -2.13. The van der Waals surface area contributed by atoms with Gasteiger partial charge in [0.15, 0.2) is 0 Å². The Labute approximate surface area is 145 Å². The van der Waals surface area contributed by atoms with Crippen LogP contribution in [-0.4, -0.2) is 23.8 Å². The van der Waals surface area contributed by atoms with E-state index >= 15 is 0 Å². The molecule has 0 fully saturated rings. The quantitative estimate of drug-likeness (QED) is 0.683. The van der Waals surface area contributed by atoms with Crippen molar-refractivity contribution in [3.05, 3.63) is 76.9 Å². The average Bonchev–Trinajstić information content (AvgIpc) is 2.86. The molecule has 0 radical (unpaired) electrons. The van der Waals surface area contributed by atoms with Crippen molar-refractivity contribution in [2.24, 2.45) is 0 Å². The molecule has 0 atom stereocenters. The fourth-order valence-electron chi connectivity index (χ4n) is 3.23.